The van der Waals surface area contributed by atoms with E-state index >= 15 is 0 Å². The molecule has 7 heteroatoms. The predicted molar refractivity (Wildman–Crippen MR) is 110 cm³/mol. The van der Waals surface area contributed by atoms with E-state index in [1.54, 1.807) is 12.1 Å². The van der Waals surface area contributed by atoms with Gasteiger partial charge < -0.3 is 14.2 Å². The number of carbonyl (C=O) groups is 1. The van der Waals surface area contributed by atoms with Crippen LogP contribution in [0, 0.1) is 0 Å². The van der Waals surface area contributed by atoms with E-state index in [0.717, 1.165) is 29.7 Å². The zero-order valence-corrected chi connectivity index (χ0v) is 16.9. The number of esters is 1. The number of rotatable bonds is 5. The van der Waals surface area contributed by atoms with Crippen molar-refractivity contribution in [2.45, 2.75) is 44.6 Å². The van der Waals surface area contributed by atoms with E-state index < -0.39 is 23.7 Å². The van der Waals surface area contributed by atoms with Crippen molar-refractivity contribution >= 4 is 16.7 Å². The van der Waals surface area contributed by atoms with Crippen molar-refractivity contribution in [3.05, 3.63) is 66.2 Å². The maximum absolute atomic E-state index is 12.9. The van der Waals surface area contributed by atoms with Gasteiger partial charge in [-0.25, -0.2) is 4.79 Å². The van der Waals surface area contributed by atoms with E-state index in [0.29, 0.717) is 18.6 Å². The number of alkyl halides is 3. The molecule has 0 N–H and O–H groups in total. The highest BCUT2D eigenvalue weighted by Gasteiger charge is 2.36. The van der Waals surface area contributed by atoms with Crippen LogP contribution in [0.25, 0.3) is 10.8 Å². The molecule has 0 amide bonds. The van der Waals surface area contributed by atoms with Crippen molar-refractivity contribution in [1.82, 2.24) is 0 Å². The summed E-state index contributed by atoms with van der Waals surface area (Å²) >= 11 is 0. The van der Waals surface area contributed by atoms with Crippen LogP contribution in [0.3, 0.4) is 0 Å². The molecule has 4 rings (SSSR count). The van der Waals surface area contributed by atoms with Gasteiger partial charge in [0, 0.05) is 5.39 Å². The SMILES string of the molecule is CC1(Oc2cc(C(=O)Oc3cccc4ccccc34)ccc2OC(F)(F)F)CCCC1. The lowest BCUT2D eigenvalue weighted by Crippen LogP contribution is -2.29. The maximum Gasteiger partial charge on any atom is 0.573 e. The summed E-state index contributed by atoms with van der Waals surface area (Å²) in [5.41, 5.74) is -0.541. The van der Waals surface area contributed by atoms with Crippen LogP contribution >= 0.6 is 0 Å². The zero-order valence-electron chi connectivity index (χ0n) is 16.9. The number of carbonyl (C=O) groups excluding carboxylic acids is 1. The summed E-state index contributed by atoms with van der Waals surface area (Å²) in [4.78, 5) is 12.8. The molecule has 3 aromatic carbocycles. The molecule has 0 heterocycles. The van der Waals surface area contributed by atoms with Crippen LogP contribution in [0.2, 0.25) is 0 Å². The Morgan fingerprint density at radius 2 is 1.61 bits per heavy atom. The summed E-state index contributed by atoms with van der Waals surface area (Å²) in [7, 11) is 0. The van der Waals surface area contributed by atoms with Gasteiger partial charge in [-0.15, -0.1) is 13.2 Å². The van der Waals surface area contributed by atoms with Crippen molar-refractivity contribution in [2.75, 3.05) is 0 Å². The van der Waals surface area contributed by atoms with Crippen LogP contribution in [-0.4, -0.2) is 17.9 Å². The van der Waals surface area contributed by atoms with Crippen LogP contribution in [0.15, 0.2) is 60.7 Å². The number of halogens is 3. The second kappa shape index (κ2) is 8.13. The minimum Gasteiger partial charge on any atom is -0.484 e. The molecular weight excluding hydrogens is 409 g/mol. The number of fused-ring (bicyclic) bond motifs is 1. The molecule has 1 fully saturated rings. The maximum atomic E-state index is 12.9. The lowest BCUT2D eigenvalue weighted by atomic mass is 10.1. The van der Waals surface area contributed by atoms with E-state index in [2.05, 4.69) is 4.74 Å². The van der Waals surface area contributed by atoms with E-state index in [9.17, 15) is 18.0 Å². The smallest absolute Gasteiger partial charge is 0.484 e. The molecule has 1 aliphatic rings. The third-order valence-corrected chi connectivity index (χ3v) is 5.37. The van der Waals surface area contributed by atoms with Crippen molar-refractivity contribution in [3.63, 3.8) is 0 Å². The minimum atomic E-state index is -4.88. The van der Waals surface area contributed by atoms with Gasteiger partial charge in [-0.1, -0.05) is 36.4 Å². The molecule has 1 saturated carbocycles. The third-order valence-electron chi connectivity index (χ3n) is 5.37. The Morgan fingerprint density at radius 1 is 0.903 bits per heavy atom. The predicted octanol–water partition coefficient (Wildman–Crippen LogP) is 6.67. The van der Waals surface area contributed by atoms with Gasteiger partial charge in [0.1, 0.15) is 11.4 Å². The molecule has 0 radical (unpaired) electrons. The first kappa shape index (κ1) is 21.0. The lowest BCUT2D eigenvalue weighted by molar-refractivity contribution is -0.275. The fourth-order valence-electron chi connectivity index (χ4n) is 3.86. The Labute approximate surface area is 177 Å². The van der Waals surface area contributed by atoms with Gasteiger partial charge in [-0.05, 0) is 62.3 Å². The van der Waals surface area contributed by atoms with Gasteiger partial charge in [-0.3, -0.25) is 0 Å². The average Bonchev–Trinajstić information content (AvgIpc) is 3.14. The molecule has 0 unspecified atom stereocenters. The molecule has 0 bridgehead atoms. The summed E-state index contributed by atoms with van der Waals surface area (Å²) in [5, 5.41) is 1.66. The van der Waals surface area contributed by atoms with Crippen LogP contribution in [0.1, 0.15) is 43.0 Å². The van der Waals surface area contributed by atoms with Gasteiger partial charge in [-0.2, -0.15) is 0 Å². The Balaban J connectivity index is 1.64. The van der Waals surface area contributed by atoms with Gasteiger partial charge in [0.05, 0.1) is 5.56 Å². The molecular formula is C24H21F3O4. The Bertz CT molecular complexity index is 1100. The van der Waals surface area contributed by atoms with Crippen molar-refractivity contribution in [3.8, 4) is 17.2 Å². The third kappa shape index (κ3) is 4.93. The number of hydrogen-bond donors (Lipinski definition) is 0. The van der Waals surface area contributed by atoms with Crippen LogP contribution in [0.4, 0.5) is 13.2 Å². The lowest BCUT2D eigenvalue weighted by Gasteiger charge is -2.27. The highest BCUT2D eigenvalue weighted by Crippen LogP contribution is 2.40. The molecule has 0 saturated heterocycles. The molecule has 4 nitrogen and oxygen atoms in total. The molecule has 0 aromatic heterocycles. The van der Waals surface area contributed by atoms with Gasteiger partial charge in [0.15, 0.2) is 11.5 Å². The molecule has 1 aliphatic carbocycles. The molecule has 0 atom stereocenters. The second-order valence-corrected chi connectivity index (χ2v) is 7.84. The Kier molecular flexibility index (Phi) is 5.52. The van der Waals surface area contributed by atoms with E-state index in [1.165, 1.54) is 12.1 Å². The summed E-state index contributed by atoms with van der Waals surface area (Å²) in [5.74, 6) is -0.947. The quantitative estimate of drug-likeness (QED) is 0.335. The van der Waals surface area contributed by atoms with E-state index in [-0.39, 0.29) is 11.3 Å². The van der Waals surface area contributed by atoms with Gasteiger partial charge >= 0.3 is 12.3 Å². The normalized spacial score (nSPS) is 15.6. The highest BCUT2D eigenvalue weighted by atomic mass is 19.4. The second-order valence-electron chi connectivity index (χ2n) is 7.84. The summed E-state index contributed by atoms with van der Waals surface area (Å²) in [6, 6.07) is 16.3. The first-order valence-corrected chi connectivity index (χ1v) is 10.0. The minimum absolute atomic E-state index is 0.0686. The molecule has 3 aromatic rings. The first-order valence-electron chi connectivity index (χ1n) is 10.0. The highest BCUT2D eigenvalue weighted by molar-refractivity contribution is 5.96. The van der Waals surface area contributed by atoms with Crippen molar-refractivity contribution in [2.24, 2.45) is 0 Å². The number of ether oxygens (including phenoxy) is 3. The van der Waals surface area contributed by atoms with Crippen LogP contribution < -0.4 is 14.2 Å². The van der Waals surface area contributed by atoms with Crippen molar-refractivity contribution < 1.29 is 32.2 Å². The van der Waals surface area contributed by atoms with Gasteiger partial charge in [0.25, 0.3) is 0 Å². The molecule has 0 spiro atoms. The monoisotopic (exact) mass is 430 g/mol. The average molecular weight is 430 g/mol. The fourth-order valence-corrected chi connectivity index (χ4v) is 3.86. The molecule has 0 aliphatic heterocycles. The fraction of sp³-hybridized carbons (Fsp3) is 0.292. The largest absolute Gasteiger partial charge is 0.573 e. The van der Waals surface area contributed by atoms with Crippen LogP contribution in [0.5, 0.6) is 17.2 Å². The van der Waals surface area contributed by atoms with E-state index in [4.69, 9.17) is 9.47 Å². The van der Waals surface area contributed by atoms with Crippen LogP contribution in [-0.2, 0) is 0 Å². The number of hydrogen-bond acceptors (Lipinski definition) is 4. The molecule has 162 valence electrons. The summed E-state index contributed by atoms with van der Waals surface area (Å²) < 4.78 is 54.2. The van der Waals surface area contributed by atoms with Gasteiger partial charge in [0.2, 0.25) is 0 Å². The first-order chi connectivity index (χ1) is 14.7. The summed E-state index contributed by atoms with van der Waals surface area (Å²) in [6.45, 7) is 1.85. The van der Waals surface area contributed by atoms with Crippen molar-refractivity contribution in [1.29, 1.82) is 0 Å². The Morgan fingerprint density at radius 3 is 2.35 bits per heavy atom. The summed E-state index contributed by atoms with van der Waals surface area (Å²) in [6.07, 6.45) is -1.60. The zero-order chi connectivity index (χ0) is 22.1. The standard InChI is InChI=1S/C24H21F3O4/c1-23(13-4-5-14-23)30-21-15-17(11-12-20(21)31-24(25,26)27)22(28)29-19-10-6-8-16-7-2-3-9-18(16)19/h2-3,6-12,15H,4-5,13-14H2,1H3. The Hall–Kier alpha value is -3.22. The van der Waals surface area contributed by atoms with E-state index in [1.807, 2.05) is 37.3 Å². The number of benzene rings is 3. The topological polar surface area (TPSA) is 44.8 Å². The molecule has 31 heavy (non-hydrogen) atoms.